The van der Waals surface area contributed by atoms with E-state index >= 15 is 0 Å². The highest BCUT2D eigenvalue weighted by Gasteiger charge is 2.40. The van der Waals surface area contributed by atoms with Crippen LogP contribution in [-0.4, -0.2) is 78.9 Å². The lowest BCUT2D eigenvalue weighted by Gasteiger charge is -2.45. The fourth-order valence-electron chi connectivity index (χ4n) is 6.83. The van der Waals surface area contributed by atoms with Gasteiger partial charge < -0.3 is 15.1 Å². The van der Waals surface area contributed by atoms with Gasteiger partial charge in [0.2, 0.25) is 11.8 Å². The van der Waals surface area contributed by atoms with Crippen LogP contribution in [0.2, 0.25) is 0 Å². The lowest BCUT2D eigenvalue weighted by Crippen LogP contribution is -2.57. The van der Waals surface area contributed by atoms with E-state index in [1.165, 1.54) is 5.56 Å². The molecule has 6 rings (SSSR count). The molecule has 4 aliphatic rings. The normalized spacial score (nSPS) is 22.1. The summed E-state index contributed by atoms with van der Waals surface area (Å²) in [5.74, 6) is -0.136. The first-order valence-corrected chi connectivity index (χ1v) is 15.1. The van der Waals surface area contributed by atoms with E-state index in [2.05, 4.69) is 39.4 Å². The summed E-state index contributed by atoms with van der Waals surface area (Å²) in [5.41, 5.74) is 3.56. The average Bonchev–Trinajstić information content (AvgIpc) is 3.00. The van der Waals surface area contributed by atoms with Crippen LogP contribution in [0.25, 0.3) is 0 Å². The second kappa shape index (κ2) is 12.0. The summed E-state index contributed by atoms with van der Waals surface area (Å²) in [7, 11) is 0. The molecule has 4 aliphatic heterocycles. The standard InChI is InChI=1S/C32H41N5O3/c38-30(33-26-14-19-34(20-15-26)22-24-9-3-1-4-10-24)23-37-29-21-25(31(39)35-16-6-2-7-17-35)12-13-27(29)36-18-8-5-11-28(36)32(37)40/h1,3-4,9-10,12-13,21,26,28H,2,5-8,11,14-20,22-23H2,(H,33,38)/t28-/m1/s1. The van der Waals surface area contributed by atoms with Crippen LogP contribution in [0.1, 0.15) is 67.3 Å². The minimum atomic E-state index is -0.237. The molecule has 0 bridgehead atoms. The van der Waals surface area contributed by atoms with E-state index in [1.807, 2.05) is 29.2 Å². The first-order chi connectivity index (χ1) is 19.6. The molecular formula is C32H41N5O3. The smallest absolute Gasteiger partial charge is 0.253 e. The van der Waals surface area contributed by atoms with Crippen molar-refractivity contribution in [2.24, 2.45) is 0 Å². The van der Waals surface area contributed by atoms with Crippen LogP contribution >= 0.6 is 0 Å². The molecule has 2 aromatic carbocycles. The molecule has 2 aromatic rings. The Morgan fingerprint density at radius 3 is 2.33 bits per heavy atom. The van der Waals surface area contributed by atoms with Gasteiger partial charge in [0.25, 0.3) is 5.91 Å². The van der Waals surface area contributed by atoms with Gasteiger partial charge in [0.05, 0.1) is 11.4 Å². The van der Waals surface area contributed by atoms with E-state index < -0.39 is 0 Å². The number of nitrogens with zero attached hydrogens (tertiary/aromatic N) is 4. The molecule has 1 atom stereocenters. The molecule has 212 valence electrons. The van der Waals surface area contributed by atoms with Gasteiger partial charge in [-0.2, -0.15) is 0 Å². The first kappa shape index (κ1) is 26.8. The third-order valence-corrected chi connectivity index (χ3v) is 9.02. The molecule has 0 spiro atoms. The van der Waals surface area contributed by atoms with Crippen molar-refractivity contribution in [1.29, 1.82) is 0 Å². The SMILES string of the molecule is O=C(CN1C(=O)[C@H]2CCCCN2c2ccc(C(=O)N3CCCCC3)cc21)NC1CCN(Cc2ccccc2)CC1. The molecule has 8 nitrogen and oxygen atoms in total. The third kappa shape index (κ3) is 5.73. The molecule has 0 aliphatic carbocycles. The molecule has 3 saturated heterocycles. The number of carbonyl (C=O) groups excluding carboxylic acids is 3. The third-order valence-electron chi connectivity index (χ3n) is 9.02. The Hall–Kier alpha value is -3.39. The van der Waals surface area contributed by atoms with Gasteiger partial charge in [-0.1, -0.05) is 30.3 Å². The second-order valence-electron chi connectivity index (χ2n) is 11.8. The fraction of sp³-hybridized carbons (Fsp3) is 0.531. The van der Waals surface area contributed by atoms with Crippen molar-refractivity contribution in [3.63, 3.8) is 0 Å². The van der Waals surface area contributed by atoms with Crippen LogP contribution in [-0.2, 0) is 16.1 Å². The number of hydrogen-bond acceptors (Lipinski definition) is 5. The van der Waals surface area contributed by atoms with Crippen LogP contribution in [0.5, 0.6) is 0 Å². The topological polar surface area (TPSA) is 76.2 Å². The molecule has 0 unspecified atom stereocenters. The number of nitrogens with one attached hydrogen (secondary N) is 1. The molecule has 8 heteroatoms. The maximum absolute atomic E-state index is 13.8. The fourth-order valence-corrected chi connectivity index (χ4v) is 6.83. The molecule has 3 fully saturated rings. The Kier molecular flexibility index (Phi) is 8.05. The predicted octanol–water partition coefficient (Wildman–Crippen LogP) is 3.80. The van der Waals surface area contributed by atoms with Gasteiger partial charge in [0.1, 0.15) is 12.6 Å². The second-order valence-corrected chi connectivity index (χ2v) is 11.8. The van der Waals surface area contributed by atoms with Gasteiger partial charge in [0, 0.05) is 50.9 Å². The van der Waals surface area contributed by atoms with Gasteiger partial charge in [-0.3, -0.25) is 24.2 Å². The largest absolute Gasteiger partial charge is 0.358 e. The lowest BCUT2D eigenvalue weighted by molar-refractivity contribution is -0.125. The minimum absolute atomic E-state index is 0.0121. The van der Waals surface area contributed by atoms with Crippen molar-refractivity contribution in [3.05, 3.63) is 59.7 Å². The van der Waals surface area contributed by atoms with Crippen LogP contribution in [0.15, 0.2) is 48.5 Å². The van der Waals surface area contributed by atoms with Crippen molar-refractivity contribution in [1.82, 2.24) is 15.1 Å². The number of amides is 3. The zero-order chi connectivity index (χ0) is 27.5. The number of piperidine rings is 3. The number of carbonyl (C=O) groups is 3. The molecule has 1 N–H and O–H groups in total. The molecule has 0 radical (unpaired) electrons. The number of likely N-dealkylation sites (tertiary alicyclic amines) is 2. The average molecular weight is 544 g/mol. The monoisotopic (exact) mass is 543 g/mol. The van der Waals surface area contributed by atoms with Crippen LogP contribution in [0, 0.1) is 0 Å². The highest BCUT2D eigenvalue weighted by atomic mass is 16.2. The summed E-state index contributed by atoms with van der Waals surface area (Å²) in [4.78, 5) is 48.6. The Morgan fingerprint density at radius 1 is 0.800 bits per heavy atom. The number of anilines is 2. The van der Waals surface area contributed by atoms with Gasteiger partial charge in [-0.05, 0) is 75.1 Å². The molecule has 3 amide bonds. The summed E-state index contributed by atoms with van der Waals surface area (Å²) in [6.07, 6.45) is 7.86. The van der Waals surface area contributed by atoms with Crippen LogP contribution in [0.4, 0.5) is 11.4 Å². The van der Waals surface area contributed by atoms with E-state index in [1.54, 1.807) is 4.90 Å². The summed E-state index contributed by atoms with van der Waals surface area (Å²) in [6.45, 7) is 5.16. The van der Waals surface area contributed by atoms with Crippen molar-refractivity contribution >= 4 is 29.1 Å². The number of benzene rings is 2. The summed E-state index contributed by atoms with van der Waals surface area (Å²) < 4.78 is 0. The van der Waals surface area contributed by atoms with Crippen molar-refractivity contribution in [2.75, 3.05) is 49.1 Å². The Labute approximate surface area is 237 Å². The van der Waals surface area contributed by atoms with E-state index in [0.717, 1.165) is 96.3 Å². The molecule has 40 heavy (non-hydrogen) atoms. The van der Waals surface area contributed by atoms with Crippen LogP contribution < -0.4 is 15.1 Å². The molecule has 4 heterocycles. The molecular weight excluding hydrogens is 502 g/mol. The van der Waals surface area contributed by atoms with Gasteiger partial charge in [0.15, 0.2) is 0 Å². The Bertz CT molecular complexity index is 1220. The van der Waals surface area contributed by atoms with Crippen molar-refractivity contribution in [3.8, 4) is 0 Å². The number of rotatable bonds is 6. The van der Waals surface area contributed by atoms with Crippen molar-refractivity contribution in [2.45, 2.75) is 70.0 Å². The summed E-state index contributed by atoms with van der Waals surface area (Å²) in [5, 5.41) is 3.21. The quantitative estimate of drug-likeness (QED) is 0.600. The molecule has 0 saturated carbocycles. The zero-order valence-corrected chi connectivity index (χ0v) is 23.4. The lowest BCUT2D eigenvalue weighted by atomic mass is 9.95. The highest BCUT2D eigenvalue weighted by Crippen LogP contribution is 2.40. The number of hydrogen-bond donors (Lipinski definition) is 1. The maximum Gasteiger partial charge on any atom is 0.253 e. The zero-order valence-electron chi connectivity index (χ0n) is 23.4. The van der Waals surface area contributed by atoms with E-state index in [0.29, 0.717) is 11.3 Å². The van der Waals surface area contributed by atoms with Crippen molar-refractivity contribution < 1.29 is 14.4 Å². The van der Waals surface area contributed by atoms with Gasteiger partial charge >= 0.3 is 0 Å². The molecule has 0 aromatic heterocycles. The summed E-state index contributed by atoms with van der Waals surface area (Å²) in [6, 6.07) is 16.1. The van der Waals surface area contributed by atoms with Crippen LogP contribution in [0.3, 0.4) is 0 Å². The Balaban J connectivity index is 1.14. The van der Waals surface area contributed by atoms with E-state index in [-0.39, 0.29) is 36.3 Å². The predicted molar refractivity (Wildman–Crippen MR) is 156 cm³/mol. The highest BCUT2D eigenvalue weighted by molar-refractivity contribution is 6.09. The minimum Gasteiger partial charge on any atom is -0.358 e. The van der Waals surface area contributed by atoms with E-state index in [4.69, 9.17) is 0 Å². The Morgan fingerprint density at radius 2 is 1.55 bits per heavy atom. The van der Waals surface area contributed by atoms with Gasteiger partial charge in [-0.15, -0.1) is 0 Å². The summed E-state index contributed by atoms with van der Waals surface area (Å²) >= 11 is 0. The number of fused-ring (bicyclic) bond motifs is 3. The van der Waals surface area contributed by atoms with E-state index in [9.17, 15) is 14.4 Å². The maximum atomic E-state index is 13.8. The first-order valence-electron chi connectivity index (χ1n) is 15.1. The van der Waals surface area contributed by atoms with Gasteiger partial charge in [-0.25, -0.2) is 0 Å².